The third-order valence-corrected chi connectivity index (χ3v) is 3.74. The molecule has 0 atom stereocenters. The summed E-state index contributed by atoms with van der Waals surface area (Å²) in [6.45, 7) is 6.24. The van der Waals surface area contributed by atoms with Crippen LogP contribution in [-0.2, 0) is 11.2 Å². The van der Waals surface area contributed by atoms with Gasteiger partial charge in [-0.2, -0.15) is 0 Å². The van der Waals surface area contributed by atoms with Crippen molar-refractivity contribution in [2.24, 2.45) is 0 Å². The van der Waals surface area contributed by atoms with Crippen molar-refractivity contribution in [2.75, 3.05) is 0 Å². The Kier molecular flexibility index (Phi) is 7.73. The van der Waals surface area contributed by atoms with Gasteiger partial charge in [0, 0.05) is 24.4 Å². The van der Waals surface area contributed by atoms with E-state index in [-0.39, 0.29) is 30.6 Å². The number of nitrogens with one attached hydrogen (secondary N) is 1. The minimum Gasteiger partial charge on any atom is -0.353 e. The molecule has 0 fully saturated rings. The lowest BCUT2D eigenvalue weighted by Crippen LogP contribution is -2.33. The first-order valence-corrected chi connectivity index (χ1v) is 8.02. The van der Waals surface area contributed by atoms with E-state index in [2.05, 4.69) is 26.1 Å². The Morgan fingerprint density at radius 2 is 1.62 bits per heavy atom. The van der Waals surface area contributed by atoms with E-state index in [9.17, 15) is 9.59 Å². The summed E-state index contributed by atoms with van der Waals surface area (Å²) in [5, 5.41) is 2.96. The number of hydrogen-bond acceptors (Lipinski definition) is 2. The smallest absolute Gasteiger partial charge is 0.220 e. The van der Waals surface area contributed by atoms with Crippen LogP contribution in [0.25, 0.3) is 0 Å². The molecule has 3 nitrogen and oxygen atoms in total. The molecule has 0 aliphatic heterocycles. The number of aryl methyl sites for hydroxylation is 1. The molecular formula is C18H27NO2. The lowest BCUT2D eigenvalue weighted by molar-refractivity contribution is -0.121. The van der Waals surface area contributed by atoms with Gasteiger partial charge in [0.15, 0.2) is 5.78 Å². The zero-order valence-electron chi connectivity index (χ0n) is 13.4. The Morgan fingerprint density at radius 1 is 1.00 bits per heavy atom. The largest absolute Gasteiger partial charge is 0.353 e. The highest BCUT2D eigenvalue weighted by Crippen LogP contribution is 2.10. The van der Waals surface area contributed by atoms with Crippen LogP contribution in [0.3, 0.4) is 0 Å². The number of amides is 1. The van der Waals surface area contributed by atoms with E-state index in [1.165, 1.54) is 5.56 Å². The van der Waals surface area contributed by atoms with Gasteiger partial charge in [-0.05, 0) is 24.8 Å². The van der Waals surface area contributed by atoms with Gasteiger partial charge in [0.05, 0.1) is 0 Å². The summed E-state index contributed by atoms with van der Waals surface area (Å²) in [7, 11) is 0. The number of hydrogen-bond donors (Lipinski definition) is 1. The molecule has 1 rings (SSSR count). The minimum atomic E-state index is -0.0281. The predicted molar refractivity (Wildman–Crippen MR) is 86.5 cm³/mol. The summed E-state index contributed by atoms with van der Waals surface area (Å²) in [5.41, 5.74) is 1.95. The van der Waals surface area contributed by atoms with Crippen LogP contribution in [0.1, 0.15) is 68.8 Å². The molecule has 0 bridgehead atoms. The van der Waals surface area contributed by atoms with Gasteiger partial charge in [-0.15, -0.1) is 0 Å². The Labute approximate surface area is 128 Å². The molecule has 0 aliphatic rings. The molecule has 0 aromatic heterocycles. The van der Waals surface area contributed by atoms with Crippen molar-refractivity contribution in [1.29, 1.82) is 0 Å². The molecule has 3 heteroatoms. The van der Waals surface area contributed by atoms with E-state index in [1.807, 2.05) is 24.3 Å². The van der Waals surface area contributed by atoms with Crippen LogP contribution < -0.4 is 5.32 Å². The maximum atomic E-state index is 12.1. The fourth-order valence-electron chi connectivity index (χ4n) is 2.31. The highest BCUT2D eigenvalue weighted by atomic mass is 16.2. The van der Waals surface area contributed by atoms with Crippen molar-refractivity contribution in [3.8, 4) is 0 Å². The van der Waals surface area contributed by atoms with E-state index < -0.39 is 0 Å². The fourth-order valence-corrected chi connectivity index (χ4v) is 2.31. The van der Waals surface area contributed by atoms with Crippen molar-refractivity contribution in [3.63, 3.8) is 0 Å². The first kappa shape index (κ1) is 17.4. The Hall–Kier alpha value is -1.64. The normalized spacial score (nSPS) is 10.7. The van der Waals surface area contributed by atoms with Gasteiger partial charge >= 0.3 is 0 Å². The number of Topliss-reactive ketones (excluding diaryl/α,β-unsaturated/α-hetero) is 1. The van der Waals surface area contributed by atoms with Crippen LogP contribution >= 0.6 is 0 Å². The monoisotopic (exact) mass is 289 g/mol. The van der Waals surface area contributed by atoms with E-state index in [0.29, 0.717) is 5.56 Å². The van der Waals surface area contributed by atoms with Gasteiger partial charge in [0.1, 0.15) is 0 Å². The van der Waals surface area contributed by atoms with Gasteiger partial charge in [-0.3, -0.25) is 9.59 Å². The SMILES string of the molecule is CCCc1ccc(C(=O)CCC(=O)NC(CC)CC)cc1. The summed E-state index contributed by atoms with van der Waals surface area (Å²) in [6.07, 6.45) is 4.53. The number of carbonyl (C=O) groups excluding carboxylic acids is 2. The molecule has 1 N–H and O–H groups in total. The topological polar surface area (TPSA) is 46.2 Å². The van der Waals surface area contributed by atoms with Crippen LogP contribution in [0.15, 0.2) is 24.3 Å². The Bertz CT molecular complexity index is 447. The second-order valence-electron chi connectivity index (χ2n) is 5.45. The summed E-state index contributed by atoms with van der Waals surface area (Å²) < 4.78 is 0. The quantitative estimate of drug-likeness (QED) is 0.701. The Morgan fingerprint density at radius 3 is 2.14 bits per heavy atom. The molecule has 0 heterocycles. The zero-order valence-corrected chi connectivity index (χ0v) is 13.4. The molecule has 1 amide bonds. The molecule has 1 aromatic carbocycles. The van der Waals surface area contributed by atoms with Crippen molar-refractivity contribution in [1.82, 2.24) is 5.32 Å². The predicted octanol–water partition coefficient (Wildman–Crippen LogP) is 3.91. The molecule has 1 aromatic rings. The second-order valence-corrected chi connectivity index (χ2v) is 5.45. The van der Waals surface area contributed by atoms with E-state index >= 15 is 0 Å². The lowest BCUT2D eigenvalue weighted by atomic mass is 10.0. The maximum absolute atomic E-state index is 12.1. The fraction of sp³-hybridized carbons (Fsp3) is 0.556. The zero-order chi connectivity index (χ0) is 15.7. The molecule has 21 heavy (non-hydrogen) atoms. The molecule has 0 aliphatic carbocycles. The van der Waals surface area contributed by atoms with Crippen LogP contribution in [0.4, 0.5) is 0 Å². The highest BCUT2D eigenvalue weighted by Gasteiger charge is 2.11. The average Bonchev–Trinajstić information content (AvgIpc) is 2.51. The van der Waals surface area contributed by atoms with Gasteiger partial charge in [0.25, 0.3) is 0 Å². The average molecular weight is 289 g/mol. The van der Waals surface area contributed by atoms with Crippen LogP contribution in [0.2, 0.25) is 0 Å². The second kappa shape index (κ2) is 9.32. The molecule has 116 valence electrons. The summed E-state index contributed by atoms with van der Waals surface area (Å²) >= 11 is 0. The van der Waals surface area contributed by atoms with Crippen LogP contribution in [-0.4, -0.2) is 17.7 Å². The number of ketones is 1. The summed E-state index contributed by atoms with van der Waals surface area (Å²) in [5.74, 6) is 0.0115. The molecule has 0 unspecified atom stereocenters. The van der Waals surface area contributed by atoms with Crippen molar-refractivity contribution in [2.45, 2.75) is 65.3 Å². The third kappa shape index (κ3) is 6.11. The molecule has 0 saturated carbocycles. The van der Waals surface area contributed by atoms with E-state index in [1.54, 1.807) is 0 Å². The minimum absolute atomic E-state index is 0.0281. The van der Waals surface area contributed by atoms with Crippen molar-refractivity contribution >= 4 is 11.7 Å². The number of benzene rings is 1. The number of carbonyl (C=O) groups is 2. The van der Waals surface area contributed by atoms with E-state index in [4.69, 9.17) is 0 Å². The summed E-state index contributed by atoms with van der Waals surface area (Å²) in [4.78, 5) is 23.8. The van der Waals surface area contributed by atoms with Crippen LogP contribution in [0.5, 0.6) is 0 Å². The van der Waals surface area contributed by atoms with Gasteiger partial charge in [0.2, 0.25) is 5.91 Å². The molecule has 0 saturated heterocycles. The Balaban J connectivity index is 2.44. The lowest BCUT2D eigenvalue weighted by Gasteiger charge is -2.14. The molecular weight excluding hydrogens is 262 g/mol. The van der Waals surface area contributed by atoms with Crippen molar-refractivity contribution < 1.29 is 9.59 Å². The van der Waals surface area contributed by atoms with E-state index in [0.717, 1.165) is 25.7 Å². The highest BCUT2D eigenvalue weighted by molar-refractivity contribution is 5.97. The number of rotatable bonds is 9. The molecule has 0 spiro atoms. The first-order chi connectivity index (χ1) is 10.1. The summed E-state index contributed by atoms with van der Waals surface area (Å²) in [6, 6.07) is 7.96. The standard InChI is InChI=1S/C18H27NO2/c1-4-7-14-8-10-15(11-9-14)17(20)12-13-18(21)19-16(5-2)6-3/h8-11,16H,4-7,12-13H2,1-3H3,(H,19,21). The van der Waals surface area contributed by atoms with Crippen LogP contribution in [0, 0.1) is 0 Å². The van der Waals surface area contributed by atoms with Crippen molar-refractivity contribution in [3.05, 3.63) is 35.4 Å². The van der Waals surface area contributed by atoms with Gasteiger partial charge < -0.3 is 5.32 Å². The van der Waals surface area contributed by atoms with Gasteiger partial charge in [-0.25, -0.2) is 0 Å². The van der Waals surface area contributed by atoms with Gasteiger partial charge in [-0.1, -0.05) is 51.5 Å². The molecule has 0 radical (unpaired) electrons. The third-order valence-electron chi connectivity index (χ3n) is 3.74. The first-order valence-electron chi connectivity index (χ1n) is 8.02. The maximum Gasteiger partial charge on any atom is 0.220 e.